The maximum atomic E-state index is 12.8. The zero-order valence-corrected chi connectivity index (χ0v) is 15.4. The van der Waals surface area contributed by atoms with Crippen LogP contribution >= 0.6 is 0 Å². The number of cyclic esters (lactones) is 1. The van der Waals surface area contributed by atoms with Gasteiger partial charge in [0.05, 0.1) is 11.2 Å². The number of esters is 1. The molecule has 0 spiro atoms. The normalized spacial score (nSPS) is 24.9. The molecular formula is C22H21NO4. The molecule has 0 bridgehead atoms. The van der Waals surface area contributed by atoms with E-state index in [0.717, 1.165) is 27.7 Å². The number of allylic oxidation sites excluding steroid dienone is 1. The lowest BCUT2D eigenvalue weighted by atomic mass is 9.83. The van der Waals surface area contributed by atoms with E-state index in [1.54, 1.807) is 13.0 Å². The van der Waals surface area contributed by atoms with Crippen molar-refractivity contribution < 1.29 is 19.4 Å². The Morgan fingerprint density at radius 2 is 2.00 bits per heavy atom. The third-order valence-corrected chi connectivity index (χ3v) is 5.46. The molecule has 138 valence electrons. The molecule has 1 aromatic heterocycles. The van der Waals surface area contributed by atoms with E-state index in [1.807, 2.05) is 31.2 Å². The van der Waals surface area contributed by atoms with Crippen LogP contribution in [0.25, 0.3) is 16.5 Å². The van der Waals surface area contributed by atoms with Crippen LogP contribution in [0, 0.1) is 0 Å². The summed E-state index contributed by atoms with van der Waals surface area (Å²) in [7, 11) is 0. The van der Waals surface area contributed by atoms with Crippen LogP contribution < -0.4 is 0 Å². The second kappa shape index (κ2) is 6.43. The summed E-state index contributed by atoms with van der Waals surface area (Å²) in [6.07, 6.45) is 2.71. The first-order chi connectivity index (χ1) is 12.9. The Morgan fingerprint density at radius 1 is 1.22 bits per heavy atom. The highest BCUT2D eigenvalue weighted by Gasteiger charge is 2.45. The highest BCUT2D eigenvalue weighted by molar-refractivity contribution is 6.02. The number of carbonyl (C=O) groups excluding carboxylic acids is 2. The maximum absolute atomic E-state index is 12.8. The molecule has 2 aromatic rings. The molecule has 0 unspecified atom stereocenters. The molecule has 4 rings (SSSR count). The van der Waals surface area contributed by atoms with Crippen LogP contribution in [0.3, 0.4) is 0 Å². The number of aryl methyl sites for hydroxylation is 1. The number of ketones is 1. The van der Waals surface area contributed by atoms with E-state index in [1.165, 1.54) is 0 Å². The summed E-state index contributed by atoms with van der Waals surface area (Å²) in [5.74, 6) is -0.805. The molecule has 2 aliphatic rings. The summed E-state index contributed by atoms with van der Waals surface area (Å²) in [5, 5.41) is 12.0. The average molecular weight is 363 g/mol. The highest BCUT2D eigenvalue weighted by atomic mass is 16.6. The predicted molar refractivity (Wildman–Crippen MR) is 102 cm³/mol. The largest absolute Gasteiger partial charge is 0.458 e. The SMILES string of the molecule is CC[C@@]1(O)C(=O)OCC2=C1/C=C(\C)c1nc3ccccc3cc1CCC2=O. The van der Waals surface area contributed by atoms with Crippen molar-refractivity contribution in [3.8, 4) is 0 Å². The van der Waals surface area contributed by atoms with Gasteiger partial charge in [-0.05, 0) is 49.1 Å². The minimum Gasteiger partial charge on any atom is -0.458 e. The molecular weight excluding hydrogens is 342 g/mol. The molecule has 0 saturated heterocycles. The van der Waals surface area contributed by atoms with Gasteiger partial charge in [-0.3, -0.25) is 4.79 Å². The highest BCUT2D eigenvalue weighted by Crippen LogP contribution is 2.36. The van der Waals surface area contributed by atoms with Gasteiger partial charge in [0.15, 0.2) is 11.4 Å². The molecule has 1 aromatic carbocycles. The zero-order valence-electron chi connectivity index (χ0n) is 15.4. The molecule has 5 heteroatoms. The monoisotopic (exact) mass is 363 g/mol. The van der Waals surface area contributed by atoms with E-state index < -0.39 is 11.6 Å². The fourth-order valence-corrected chi connectivity index (χ4v) is 3.84. The van der Waals surface area contributed by atoms with E-state index in [-0.39, 0.29) is 25.2 Å². The van der Waals surface area contributed by atoms with Crippen molar-refractivity contribution in [2.45, 2.75) is 38.7 Å². The van der Waals surface area contributed by atoms with Gasteiger partial charge in [-0.15, -0.1) is 0 Å². The van der Waals surface area contributed by atoms with Crippen molar-refractivity contribution in [2.24, 2.45) is 0 Å². The van der Waals surface area contributed by atoms with Gasteiger partial charge in [0.2, 0.25) is 0 Å². The summed E-state index contributed by atoms with van der Waals surface area (Å²) in [5.41, 5.74) is 2.42. The molecule has 0 radical (unpaired) electrons. The Morgan fingerprint density at radius 3 is 2.78 bits per heavy atom. The fraction of sp³-hybridized carbons (Fsp3) is 0.318. The van der Waals surface area contributed by atoms with Crippen molar-refractivity contribution in [1.29, 1.82) is 0 Å². The van der Waals surface area contributed by atoms with Crippen molar-refractivity contribution in [1.82, 2.24) is 4.98 Å². The Labute approximate surface area is 157 Å². The minimum absolute atomic E-state index is 0.0924. The van der Waals surface area contributed by atoms with Gasteiger partial charge < -0.3 is 9.84 Å². The second-order valence-corrected chi connectivity index (χ2v) is 7.12. The third-order valence-electron chi connectivity index (χ3n) is 5.46. The number of nitrogens with zero attached hydrogens (tertiary/aromatic N) is 1. The number of benzene rings is 1. The maximum Gasteiger partial charge on any atom is 0.343 e. The van der Waals surface area contributed by atoms with E-state index in [4.69, 9.17) is 9.72 Å². The van der Waals surface area contributed by atoms with Crippen LogP contribution in [0.5, 0.6) is 0 Å². The van der Waals surface area contributed by atoms with E-state index in [9.17, 15) is 14.7 Å². The van der Waals surface area contributed by atoms with Gasteiger partial charge in [0.25, 0.3) is 0 Å². The number of carbonyl (C=O) groups is 2. The number of Topliss-reactive ketones (excluding diaryl/α,β-unsaturated/α-hetero) is 1. The van der Waals surface area contributed by atoms with Crippen molar-refractivity contribution in [3.05, 3.63) is 58.8 Å². The van der Waals surface area contributed by atoms with Crippen LogP contribution in [0.2, 0.25) is 0 Å². The number of para-hydroxylation sites is 1. The van der Waals surface area contributed by atoms with Crippen LogP contribution in [0.4, 0.5) is 0 Å². The van der Waals surface area contributed by atoms with Crippen LogP contribution in [-0.4, -0.2) is 34.1 Å². The fourth-order valence-electron chi connectivity index (χ4n) is 3.84. The second-order valence-electron chi connectivity index (χ2n) is 7.12. The quantitative estimate of drug-likeness (QED) is 0.788. The van der Waals surface area contributed by atoms with E-state index in [2.05, 4.69) is 6.07 Å². The number of fused-ring (bicyclic) bond motifs is 2. The summed E-state index contributed by atoms with van der Waals surface area (Å²) < 4.78 is 5.12. The molecule has 0 amide bonds. The van der Waals surface area contributed by atoms with Gasteiger partial charge in [-0.1, -0.05) is 25.1 Å². The molecule has 1 aliphatic heterocycles. The number of hydrogen-bond acceptors (Lipinski definition) is 5. The topological polar surface area (TPSA) is 76.5 Å². The average Bonchev–Trinajstić information content (AvgIpc) is 2.72. The lowest BCUT2D eigenvalue weighted by molar-refractivity contribution is -0.163. The lowest BCUT2D eigenvalue weighted by Crippen LogP contribution is -2.46. The first kappa shape index (κ1) is 17.6. The molecule has 0 fully saturated rings. The number of hydrogen-bond donors (Lipinski definition) is 1. The number of pyridine rings is 1. The smallest absolute Gasteiger partial charge is 0.343 e. The first-order valence-corrected chi connectivity index (χ1v) is 9.18. The Hall–Kier alpha value is -2.79. The van der Waals surface area contributed by atoms with Gasteiger partial charge in [0, 0.05) is 23.0 Å². The number of ether oxygens (including phenoxy) is 1. The summed E-state index contributed by atoms with van der Waals surface area (Å²) in [6, 6.07) is 9.92. The third kappa shape index (κ3) is 2.79. The lowest BCUT2D eigenvalue weighted by Gasteiger charge is -2.32. The molecule has 1 N–H and O–H groups in total. The van der Waals surface area contributed by atoms with E-state index >= 15 is 0 Å². The zero-order chi connectivity index (χ0) is 19.2. The minimum atomic E-state index is -1.80. The summed E-state index contributed by atoms with van der Waals surface area (Å²) in [6.45, 7) is 3.51. The number of aromatic nitrogens is 1. The summed E-state index contributed by atoms with van der Waals surface area (Å²) >= 11 is 0. The Bertz CT molecular complexity index is 1030. The van der Waals surface area contributed by atoms with Crippen molar-refractivity contribution in [2.75, 3.05) is 6.61 Å². The molecule has 2 heterocycles. The van der Waals surface area contributed by atoms with Crippen molar-refractivity contribution in [3.63, 3.8) is 0 Å². The number of rotatable bonds is 1. The van der Waals surface area contributed by atoms with Crippen molar-refractivity contribution >= 4 is 28.2 Å². The molecule has 1 aliphatic carbocycles. The van der Waals surface area contributed by atoms with Crippen LogP contribution in [-0.2, 0) is 20.7 Å². The van der Waals surface area contributed by atoms with Gasteiger partial charge >= 0.3 is 5.97 Å². The molecule has 1 atom stereocenters. The van der Waals surface area contributed by atoms with Gasteiger partial charge in [0.1, 0.15) is 6.61 Å². The van der Waals surface area contributed by atoms with Gasteiger partial charge in [-0.25, -0.2) is 9.78 Å². The first-order valence-electron chi connectivity index (χ1n) is 9.18. The Balaban J connectivity index is 1.96. The molecule has 27 heavy (non-hydrogen) atoms. The Kier molecular flexibility index (Phi) is 4.19. The summed E-state index contributed by atoms with van der Waals surface area (Å²) in [4.78, 5) is 29.9. The van der Waals surface area contributed by atoms with Crippen LogP contribution in [0.1, 0.15) is 37.9 Å². The molecule has 5 nitrogen and oxygen atoms in total. The molecule has 0 saturated carbocycles. The van der Waals surface area contributed by atoms with Gasteiger partial charge in [-0.2, -0.15) is 0 Å². The number of aliphatic hydroxyl groups is 1. The van der Waals surface area contributed by atoms with E-state index in [0.29, 0.717) is 17.6 Å². The standard InChI is InChI=1S/C22H21NO4/c1-3-22(26)17-10-13(2)20-15(11-14-6-4-5-7-18(14)23-20)8-9-19(24)16(17)12-27-21(22)25/h4-7,10-11,26H,3,8-9,12H2,1-2H3/b13-10+/t22-/m0/s1. The predicted octanol–water partition coefficient (Wildman–Crippen LogP) is 3.15. The van der Waals surface area contributed by atoms with Crippen LogP contribution in [0.15, 0.2) is 47.6 Å².